The first-order chi connectivity index (χ1) is 17.5. The van der Waals surface area contributed by atoms with Gasteiger partial charge in [-0.3, -0.25) is 4.79 Å². The molecule has 0 aliphatic heterocycles. The van der Waals surface area contributed by atoms with Crippen LogP contribution in [0, 0.1) is 12.7 Å². The maximum Gasteiger partial charge on any atom is 0.323 e. The van der Waals surface area contributed by atoms with Crippen LogP contribution in [0.4, 0.5) is 32.1 Å². The van der Waals surface area contributed by atoms with Gasteiger partial charge < -0.3 is 20.4 Å². The van der Waals surface area contributed by atoms with Crippen molar-refractivity contribution in [3.8, 4) is 11.3 Å². The second-order valence-corrected chi connectivity index (χ2v) is 8.02. The Labute approximate surface area is 205 Å². The Kier molecular flexibility index (Phi) is 6.10. The second-order valence-electron chi connectivity index (χ2n) is 8.02. The summed E-state index contributed by atoms with van der Waals surface area (Å²) in [5.41, 5.74) is 3.84. The molecule has 0 atom stereocenters. The van der Waals surface area contributed by atoms with Gasteiger partial charge in [-0.1, -0.05) is 12.1 Å². The molecule has 0 fully saturated rings. The van der Waals surface area contributed by atoms with E-state index in [2.05, 4.69) is 25.9 Å². The fourth-order valence-corrected chi connectivity index (χ4v) is 3.71. The maximum absolute atomic E-state index is 13.5. The summed E-state index contributed by atoms with van der Waals surface area (Å²) in [6.07, 6.45) is 2.11. The van der Waals surface area contributed by atoms with Crippen LogP contribution in [-0.2, 0) is 0 Å². The SMILES string of the molecule is Cc1ccc(F)cc1NC(=O)Nc1cccc(Nc2ncnc3ccc(-c4ccc(C=O)o4)cc23)c1. The van der Waals surface area contributed by atoms with Gasteiger partial charge in [0.25, 0.3) is 0 Å². The first kappa shape index (κ1) is 22.7. The normalized spacial score (nSPS) is 10.7. The van der Waals surface area contributed by atoms with Crippen molar-refractivity contribution >= 4 is 46.1 Å². The molecule has 2 aromatic heterocycles. The van der Waals surface area contributed by atoms with Crippen LogP contribution in [0.25, 0.3) is 22.2 Å². The molecule has 0 bridgehead atoms. The van der Waals surface area contributed by atoms with Gasteiger partial charge in [0.15, 0.2) is 12.0 Å². The highest BCUT2D eigenvalue weighted by Gasteiger charge is 2.11. The van der Waals surface area contributed by atoms with E-state index in [1.54, 1.807) is 43.3 Å². The zero-order valence-electron chi connectivity index (χ0n) is 19.1. The van der Waals surface area contributed by atoms with E-state index in [0.29, 0.717) is 34.9 Å². The van der Waals surface area contributed by atoms with E-state index < -0.39 is 11.8 Å². The summed E-state index contributed by atoms with van der Waals surface area (Å²) < 4.78 is 19.1. The Balaban J connectivity index is 1.37. The summed E-state index contributed by atoms with van der Waals surface area (Å²) in [7, 11) is 0. The lowest BCUT2D eigenvalue weighted by Crippen LogP contribution is -2.20. The lowest BCUT2D eigenvalue weighted by atomic mass is 10.1. The molecule has 0 aliphatic carbocycles. The van der Waals surface area contributed by atoms with Crippen LogP contribution in [0.2, 0.25) is 0 Å². The highest BCUT2D eigenvalue weighted by molar-refractivity contribution is 6.00. The van der Waals surface area contributed by atoms with Crippen molar-refractivity contribution in [2.75, 3.05) is 16.0 Å². The van der Waals surface area contributed by atoms with E-state index in [4.69, 9.17) is 4.42 Å². The van der Waals surface area contributed by atoms with Gasteiger partial charge in [0.1, 0.15) is 23.7 Å². The minimum absolute atomic E-state index is 0.244. The number of hydrogen-bond donors (Lipinski definition) is 3. The number of aldehydes is 1. The summed E-state index contributed by atoms with van der Waals surface area (Å²) in [5, 5.41) is 9.42. The van der Waals surface area contributed by atoms with Crippen LogP contribution >= 0.6 is 0 Å². The Bertz CT molecular complexity index is 1600. The quantitative estimate of drug-likeness (QED) is 0.238. The minimum atomic E-state index is -0.494. The highest BCUT2D eigenvalue weighted by Crippen LogP contribution is 2.30. The largest absolute Gasteiger partial charge is 0.453 e. The first-order valence-corrected chi connectivity index (χ1v) is 11.0. The first-order valence-electron chi connectivity index (χ1n) is 11.0. The number of benzene rings is 3. The summed E-state index contributed by atoms with van der Waals surface area (Å²) in [6, 6.07) is 19.7. The Morgan fingerprint density at radius 1 is 0.944 bits per heavy atom. The number of urea groups is 1. The lowest BCUT2D eigenvalue weighted by Gasteiger charge is -2.12. The molecule has 9 heteroatoms. The highest BCUT2D eigenvalue weighted by atomic mass is 19.1. The zero-order chi connectivity index (χ0) is 25.1. The molecule has 0 radical (unpaired) electrons. The standard InChI is InChI=1S/C27H20FN5O3/c1-16-5-7-18(28)12-24(16)33-27(35)32-20-4-2-3-19(13-20)31-26-22-11-17(6-9-23(22)29-15-30-26)25-10-8-21(14-34)36-25/h2-15H,1H3,(H,29,30,31)(H2,32,33,35). The molecule has 0 spiro atoms. The molecule has 5 aromatic rings. The molecule has 0 unspecified atom stereocenters. The summed E-state index contributed by atoms with van der Waals surface area (Å²) in [4.78, 5) is 32.1. The number of fused-ring (bicyclic) bond motifs is 1. The summed E-state index contributed by atoms with van der Waals surface area (Å²) in [5.74, 6) is 0.924. The van der Waals surface area contributed by atoms with E-state index in [0.717, 1.165) is 22.0 Å². The monoisotopic (exact) mass is 481 g/mol. The molecule has 3 aromatic carbocycles. The molecule has 8 nitrogen and oxygen atoms in total. The van der Waals surface area contributed by atoms with Gasteiger partial charge in [0.2, 0.25) is 0 Å². The third-order valence-corrected chi connectivity index (χ3v) is 5.49. The molecule has 3 N–H and O–H groups in total. The number of furan rings is 1. The Morgan fingerprint density at radius 3 is 2.64 bits per heavy atom. The van der Waals surface area contributed by atoms with Gasteiger partial charge in [-0.05, 0) is 73.2 Å². The van der Waals surface area contributed by atoms with Crippen LogP contribution in [0.1, 0.15) is 16.1 Å². The van der Waals surface area contributed by atoms with Crippen LogP contribution in [0.5, 0.6) is 0 Å². The van der Waals surface area contributed by atoms with Gasteiger partial charge in [0, 0.05) is 28.0 Å². The third kappa shape index (κ3) is 4.90. The van der Waals surface area contributed by atoms with Gasteiger partial charge in [0.05, 0.1) is 5.52 Å². The number of hydrogen-bond acceptors (Lipinski definition) is 6. The number of aromatic nitrogens is 2. The molecule has 0 saturated carbocycles. The number of aryl methyl sites for hydroxylation is 1. The van der Waals surface area contributed by atoms with Crippen molar-refractivity contribution in [2.24, 2.45) is 0 Å². The summed E-state index contributed by atoms with van der Waals surface area (Å²) >= 11 is 0. The number of nitrogens with zero attached hydrogens (tertiary/aromatic N) is 2. The smallest absolute Gasteiger partial charge is 0.323 e. The molecule has 2 amide bonds. The van der Waals surface area contributed by atoms with Crippen molar-refractivity contribution in [2.45, 2.75) is 6.92 Å². The van der Waals surface area contributed by atoms with Crippen molar-refractivity contribution in [1.29, 1.82) is 0 Å². The molecular weight excluding hydrogens is 461 g/mol. The van der Waals surface area contributed by atoms with Gasteiger partial charge in [-0.25, -0.2) is 19.2 Å². The fraction of sp³-hybridized carbons (Fsp3) is 0.0370. The Morgan fingerprint density at radius 2 is 1.81 bits per heavy atom. The number of nitrogens with one attached hydrogen (secondary N) is 3. The van der Waals surface area contributed by atoms with E-state index >= 15 is 0 Å². The molecular formula is C27H20FN5O3. The number of carbonyl (C=O) groups excluding carboxylic acids is 2. The van der Waals surface area contributed by atoms with Crippen LogP contribution in [-0.4, -0.2) is 22.3 Å². The molecule has 5 rings (SSSR count). The number of anilines is 4. The van der Waals surface area contributed by atoms with Gasteiger partial charge >= 0.3 is 6.03 Å². The molecule has 0 saturated heterocycles. The predicted octanol–water partition coefficient (Wildman–Crippen LogP) is 6.54. The Hall–Kier alpha value is -5.05. The minimum Gasteiger partial charge on any atom is -0.453 e. The van der Waals surface area contributed by atoms with Gasteiger partial charge in [-0.2, -0.15) is 0 Å². The lowest BCUT2D eigenvalue weighted by molar-refractivity contribution is 0.110. The zero-order valence-corrected chi connectivity index (χ0v) is 19.1. The van der Waals surface area contributed by atoms with Crippen molar-refractivity contribution in [1.82, 2.24) is 9.97 Å². The van der Waals surface area contributed by atoms with Crippen LogP contribution in [0.15, 0.2) is 83.5 Å². The number of halogens is 1. The molecule has 178 valence electrons. The van der Waals surface area contributed by atoms with E-state index in [1.165, 1.54) is 18.5 Å². The van der Waals surface area contributed by atoms with Gasteiger partial charge in [-0.15, -0.1) is 0 Å². The predicted molar refractivity (Wildman–Crippen MR) is 136 cm³/mol. The van der Waals surface area contributed by atoms with Crippen molar-refractivity contribution < 1.29 is 18.4 Å². The summed E-state index contributed by atoms with van der Waals surface area (Å²) in [6.45, 7) is 1.78. The molecule has 36 heavy (non-hydrogen) atoms. The van der Waals surface area contributed by atoms with E-state index in [9.17, 15) is 14.0 Å². The topological polar surface area (TPSA) is 109 Å². The van der Waals surface area contributed by atoms with Crippen LogP contribution in [0.3, 0.4) is 0 Å². The van der Waals surface area contributed by atoms with Crippen molar-refractivity contribution in [3.63, 3.8) is 0 Å². The average Bonchev–Trinajstić information content (AvgIpc) is 3.36. The van der Waals surface area contributed by atoms with Crippen LogP contribution < -0.4 is 16.0 Å². The maximum atomic E-state index is 13.5. The fourth-order valence-electron chi connectivity index (χ4n) is 3.71. The van der Waals surface area contributed by atoms with E-state index in [-0.39, 0.29) is 5.76 Å². The second kappa shape index (κ2) is 9.67. The molecule has 2 heterocycles. The molecule has 0 aliphatic rings. The third-order valence-electron chi connectivity index (χ3n) is 5.49. The number of rotatable bonds is 6. The van der Waals surface area contributed by atoms with Crippen molar-refractivity contribution in [3.05, 3.63) is 96.3 Å². The average molecular weight is 481 g/mol. The number of amides is 2. The number of carbonyl (C=O) groups is 2. The van der Waals surface area contributed by atoms with E-state index in [1.807, 2.05) is 24.3 Å².